The van der Waals surface area contributed by atoms with E-state index in [1.54, 1.807) is 15.9 Å². The monoisotopic (exact) mass is 489 g/mol. The molecule has 0 atom stereocenters. The molecule has 4 rings (SSSR count). The van der Waals surface area contributed by atoms with Gasteiger partial charge in [-0.15, -0.1) is 0 Å². The first-order chi connectivity index (χ1) is 16.7. The van der Waals surface area contributed by atoms with Crippen molar-refractivity contribution in [1.29, 1.82) is 0 Å². The van der Waals surface area contributed by atoms with E-state index in [-0.39, 0.29) is 17.5 Å². The van der Waals surface area contributed by atoms with Crippen LogP contribution in [0.15, 0.2) is 36.8 Å². The Hall–Kier alpha value is -3.70. The number of nitrogens with zero attached hydrogens (tertiary/aromatic N) is 6. The van der Waals surface area contributed by atoms with Crippen LogP contribution in [0.2, 0.25) is 0 Å². The van der Waals surface area contributed by atoms with Crippen LogP contribution in [0.5, 0.6) is 0 Å². The van der Waals surface area contributed by atoms with E-state index in [1.807, 2.05) is 22.9 Å². The molecule has 12 heteroatoms. The molecule has 0 unspecified atom stereocenters. The molecule has 1 aliphatic heterocycles. The van der Waals surface area contributed by atoms with Gasteiger partial charge in [-0.25, -0.2) is 15.0 Å². The molecule has 2 amide bonds. The van der Waals surface area contributed by atoms with Crippen LogP contribution >= 0.6 is 0 Å². The first-order valence-electron chi connectivity index (χ1n) is 11.4. The summed E-state index contributed by atoms with van der Waals surface area (Å²) in [7, 11) is 0. The topological polar surface area (TPSA) is 110 Å². The average molecular weight is 490 g/mol. The number of halogens is 3. The van der Waals surface area contributed by atoms with Crippen molar-refractivity contribution in [2.24, 2.45) is 5.73 Å². The van der Waals surface area contributed by atoms with Crippen molar-refractivity contribution >= 4 is 28.8 Å². The number of hydrogen-bond acceptors (Lipinski definition) is 6. The van der Waals surface area contributed by atoms with Crippen molar-refractivity contribution in [3.8, 4) is 0 Å². The van der Waals surface area contributed by atoms with Gasteiger partial charge in [0.1, 0.15) is 11.3 Å². The Bertz CT molecular complexity index is 1190. The summed E-state index contributed by atoms with van der Waals surface area (Å²) in [5.41, 5.74) is 5.38. The van der Waals surface area contributed by atoms with Crippen LogP contribution in [-0.2, 0) is 17.5 Å². The van der Waals surface area contributed by atoms with Gasteiger partial charge < -0.3 is 20.1 Å². The van der Waals surface area contributed by atoms with E-state index in [1.165, 1.54) is 0 Å². The predicted octanol–water partition coefficient (Wildman–Crippen LogP) is 2.85. The summed E-state index contributed by atoms with van der Waals surface area (Å²) in [5.74, 6) is -0.261. The number of aromatic nitrogens is 4. The summed E-state index contributed by atoms with van der Waals surface area (Å²) in [6.07, 6.45) is 1.93. The van der Waals surface area contributed by atoms with Gasteiger partial charge in [0.05, 0.1) is 5.56 Å². The molecule has 1 fully saturated rings. The molecule has 1 aliphatic rings. The Morgan fingerprint density at radius 3 is 2.34 bits per heavy atom. The molecule has 35 heavy (non-hydrogen) atoms. The quantitative estimate of drug-likeness (QED) is 0.488. The standard InChI is InChI=1S/C23H26F3N7O2/c24-23(25,26)17-14-28-22(29-15-17)33-12-10-31(11-13-33)19(34)4-2-1-3-8-32-9-7-16-5-6-18(20(27)35)30-21(16)32/h5-7,9,14-15H,1-4,8,10-13H2,(H2,27,35). The van der Waals surface area contributed by atoms with Gasteiger partial charge in [-0.1, -0.05) is 6.42 Å². The summed E-state index contributed by atoms with van der Waals surface area (Å²) >= 11 is 0. The van der Waals surface area contributed by atoms with Crippen LogP contribution in [0, 0.1) is 0 Å². The van der Waals surface area contributed by atoms with Crippen LogP contribution in [0.3, 0.4) is 0 Å². The molecule has 3 aromatic rings. The Balaban J connectivity index is 1.18. The fourth-order valence-electron chi connectivity index (χ4n) is 4.06. The van der Waals surface area contributed by atoms with E-state index >= 15 is 0 Å². The molecule has 0 spiro atoms. The molecule has 3 aromatic heterocycles. The maximum atomic E-state index is 12.7. The number of amides is 2. The van der Waals surface area contributed by atoms with Crippen molar-refractivity contribution in [2.75, 3.05) is 31.1 Å². The molecule has 0 bridgehead atoms. The van der Waals surface area contributed by atoms with E-state index in [0.29, 0.717) is 38.2 Å². The van der Waals surface area contributed by atoms with Crippen LogP contribution in [0.1, 0.15) is 41.7 Å². The van der Waals surface area contributed by atoms with Gasteiger partial charge in [0.2, 0.25) is 11.9 Å². The second-order valence-corrected chi connectivity index (χ2v) is 8.43. The van der Waals surface area contributed by atoms with Crippen molar-refractivity contribution in [3.63, 3.8) is 0 Å². The zero-order chi connectivity index (χ0) is 25.0. The summed E-state index contributed by atoms with van der Waals surface area (Å²) in [5, 5.41) is 0.936. The third kappa shape index (κ3) is 5.87. The molecular weight excluding hydrogens is 463 g/mol. The first kappa shape index (κ1) is 24.4. The summed E-state index contributed by atoms with van der Waals surface area (Å²) in [4.78, 5) is 39.5. The molecule has 0 radical (unpaired) electrons. The minimum absolute atomic E-state index is 0.0668. The number of carbonyl (C=O) groups is 2. The Kier molecular flexibility index (Phi) is 7.17. The zero-order valence-electron chi connectivity index (χ0n) is 19.0. The molecule has 2 N–H and O–H groups in total. The third-order valence-electron chi connectivity index (χ3n) is 6.03. The number of unbranched alkanes of at least 4 members (excludes halogenated alkanes) is 2. The van der Waals surface area contributed by atoms with Gasteiger partial charge >= 0.3 is 6.18 Å². The number of fused-ring (bicyclic) bond motifs is 1. The Labute approximate surface area is 199 Å². The van der Waals surface area contributed by atoms with Crippen LogP contribution in [0.25, 0.3) is 11.0 Å². The van der Waals surface area contributed by atoms with Crippen molar-refractivity contribution < 1.29 is 22.8 Å². The van der Waals surface area contributed by atoms with Gasteiger partial charge in [0.25, 0.3) is 5.91 Å². The number of carbonyl (C=O) groups excluding carboxylic acids is 2. The number of nitrogens with two attached hydrogens (primary N) is 1. The lowest BCUT2D eigenvalue weighted by molar-refractivity contribution is -0.138. The number of hydrogen-bond donors (Lipinski definition) is 1. The zero-order valence-corrected chi connectivity index (χ0v) is 19.0. The fraction of sp³-hybridized carbons (Fsp3) is 0.435. The van der Waals surface area contributed by atoms with Gasteiger partial charge in [-0.2, -0.15) is 13.2 Å². The molecular formula is C23H26F3N7O2. The second kappa shape index (κ2) is 10.3. The second-order valence-electron chi connectivity index (χ2n) is 8.43. The van der Waals surface area contributed by atoms with E-state index < -0.39 is 17.6 Å². The summed E-state index contributed by atoms with van der Waals surface area (Å²) in [6.45, 7) is 2.62. The minimum Gasteiger partial charge on any atom is -0.364 e. The van der Waals surface area contributed by atoms with Crippen molar-refractivity contribution in [2.45, 2.75) is 38.4 Å². The molecule has 9 nitrogen and oxygen atoms in total. The highest BCUT2D eigenvalue weighted by Gasteiger charge is 2.32. The van der Waals surface area contributed by atoms with Crippen molar-refractivity contribution in [1.82, 2.24) is 24.4 Å². The lowest BCUT2D eigenvalue weighted by atomic mass is 10.1. The fourth-order valence-corrected chi connectivity index (χ4v) is 4.06. The number of piperazine rings is 1. The molecule has 0 saturated carbocycles. The van der Waals surface area contributed by atoms with E-state index in [4.69, 9.17) is 5.73 Å². The number of pyridine rings is 1. The van der Waals surface area contributed by atoms with Crippen LogP contribution in [-0.4, -0.2) is 62.4 Å². The lowest BCUT2D eigenvalue weighted by Gasteiger charge is -2.34. The maximum absolute atomic E-state index is 12.7. The number of aryl methyl sites for hydroxylation is 1. The molecule has 4 heterocycles. The van der Waals surface area contributed by atoms with E-state index in [9.17, 15) is 22.8 Å². The van der Waals surface area contributed by atoms with Gasteiger partial charge in [0, 0.05) is 63.1 Å². The molecule has 0 aromatic carbocycles. The minimum atomic E-state index is -4.47. The van der Waals surface area contributed by atoms with Gasteiger partial charge in [-0.3, -0.25) is 9.59 Å². The third-order valence-corrected chi connectivity index (χ3v) is 6.03. The molecule has 186 valence electrons. The molecule has 1 saturated heterocycles. The lowest BCUT2D eigenvalue weighted by Crippen LogP contribution is -2.49. The van der Waals surface area contributed by atoms with E-state index in [0.717, 1.165) is 43.6 Å². The largest absolute Gasteiger partial charge is 0.419 e. The van der Waals surface area contributed by atoms with Crippen LogP contribution < -0.4 is 10.6 Å². The van der Waals surface area contributed by atoms with E-state index in [2.05, 4.69) is 15.0 Å². The summed E-state index contributed by atoms with van der Waals surface area (Å²) in [6, 6.07) is 5.37. The highest BCUT2D eigenvalue weighted by Crippen LogP contribution is 2.28. The van der Waals surface area contributed by atoms with Crippen LogP contribution in [0.4, 0.5) is 19.1 Å². The Morgan fingerprint density at radius 2 is 1.69 bits per heavy atom. The number of primary amides is 1. The number of alkyl halides is 3. The average Bonchev–Trinajstić information content (AvgIpc) is 3.25. The first-order valence-corrected chi connectivity index (χ1v) is 11.4. The SMILES string of the molecule is NC(=O)c1ccc2ccn(CCCCCC(=O)N3CCN(c4ncc(C(F)(F)F)cn4)CC3)c2n1. The smallest absolute Gasteiger partial charge is 0.364 e. The maximum Gasteiger partial charge on any atom is 0.419 e. The highest BCUT2D eigenvalue weighted by atomic mass is 19.4. The number of anilines is 1. The van der Waals surface area contributed by atoms with Gasteiger partial charge in [0.15, 0.2) is 0 Å². The predicted molar refractivity (Wildman–Crippen MR) is 123 cm³/mol. The molecule has 0 aliphatic carbocycles. The normalized spacial score (nSPS) is 14.5. The Morgan fingerprint density at radius 1 is 0.971 bits per heavy atom. The number of rotatable bonds is 8. The van der Waals surface area contributed by atoms with Crippen molar-refractivity contribution in [3.05, 3.63) is 48.0 Å². The summed E-state index contributed by atoms with van der Waals surface area (Å²) < 4.78 is 40.0. The van der Waals surface area contributed by atoms with Gasteiger partial charge in [-0.05, 0) is 31.0 Å². The highest BCUT2D eigenvalue weighted by molar-refractivity contribution is 5.93.